The number of nitrogens with zero attached hydrogens (tertiary/aromatic N) is 4. The predicted molar refractivity (Wildman–Crippen MR) is 19.3 cm³/mol. The second kappa shape index (κ2) is 4.99. The van der Waals surface area contributed by atoms with Crippen LogP contribution in [0.15, 0.2) is 15.7 Å². The molecule has 3 N–H and O–H groups in total. The molecule has 0 fully saturated rings. The molecule has 0 heterocycles. The van der Waals surface area contributed by atoms with E-state index in [4.69, 9.17) is 16.0 Å². The average molecular weight is 137 g/mol. The molecule has 0 radical (unpaired) electrons. The molecule has 0 aliphatic rings. The molecule has 0 bridgehead atoms. The molecule has 52 valence electrons. The zero-order valence-corrected chi connectivity index (χ0v) is 4.00. The van der Waals surface area contributed by atoms with Gasteiger partial charge in [0.1, 0.15) is 0 Å². The second-order valence-corrected chi connectivity index (χ2v) is 0.680. The minimum atomic E-state index is -0.183. The second-order valence-electron chi connectivity index (χ2n) is 0.680. The largest absolute Gasteiger partial charge is 0.224 e. The van der Waals surface area contributed by atoms with Crippen LogP contribution in [0.1, 0.15) is 0 Å². The van der Waals surface area contributed by atoms with Crippen molar-refractivity contribution in [2.45, 2.75) is 0 Å². The highest BCUT2D eigenvalue weighted by Gasteiger charge is 1.96. The van der Waals surface area contributed by atoms with Crippen LogP contribution in [0, 0.1) is 5.53 Å². The van der Waals surface area contributed by atoms with E-state index < -0.39 is 0 Å². The normalized spacial score (nSPS) is 10.0. The molecule has 0 spiro atoms. The Morgan fingerprint density at radius 2 is 1.89 bits per heavy atom. The lowest BCUT2D eigenvalue weighted by molar-refractivity contribution is -0.587. The summed E-state index contributed by atoms with van der Waals surface area (Å²) < 4.78 is 0. The molecular weight excluding hydrogens is 134 g/mol. The van der Waals surface area contributed by atoms with Crippen molar-refractivity contribution in [3.63, 3.8) is 0 Å². The highest BCUT2D eigenvalue weighted by atomic mass is 17.4. The van der Waals surface area contributed by atoms with Crippen molar-refractivity contribution < 1.29 is 20.5 Å². The van der Waals surface area contributed by atoms with Crippen LogP contribution in [0.2, 0.25) is 0 Å². The first-order valence-electron chi connectivity index (χ1n) is 1.55. The summed E-state index contributed by atoms with van der Waals surface area (Å²) in [5.74, 6) is 0. The Balaban J connectivity index is 3.53. The lowest BCUT2D eigenvalue weighted by Crippen LogP contribution is -2.13. The van der Waals surface area contributed by atoms with Gasteiger partial charge in [-0.05, 0) is 10.4 Å². The van der Waals surface area contributed by atoms with Crippen molar-refractivity contribution in [2.24, 2.45) is 15.7 Å². The fourth-order valence-corrected chi connectivity index (χ4v) is 0.100. The van der Waals surface area contributed by atoms with Gasteiger partial charge in [-0.25, -0.2) is 10.5 Å². The summed E-state index contributed by atoms with van der Waals surface area (Å²) in [6.45, 7) is 0. The van der Waals surface area contributed by atoms with E-state index in [2.05, 4.69) is 25.6 Å². The average Bonchev–Trinajstić information content (AvgIpc) is 1.91. The summed E-state index contributed by atoms with van der Waals surface area (Å²) in [5.41, 5.74) is 6.01. The molecule has 0 aromatic heterocycles. The van der Waals surface area contributed by atoms with E-state index in [9.17, 15) is 0 Å². The third-order valence-corrected chi connectivity index (χ3v) is 0.297. The summed E-state index contributed by atoms with van der Waals surface area (Å²) in [6.07, 6.45) is 0. The lowest BCUT2D eigenvalue weighted by Gasteiger charge is -2.00. The highest BCUT2D eigenvalue weighted by molar-refractivity contribution is 3.92. The molecule has 0 amide bonds. The maximum atomic E-state index is 7.64. The summed E-state index contributed by atoms with van der Waals surface area (Å²) in [4.78, 5) is 6.32. The molecule has 0 aromatic rings. The Morgan fingerprint density at radius 1 is 1.33 bits per heavy atom. The molecular formula is H3N5O4. The minimum absolute atomic E-state index is 0.183. The molecule has 0 atom stereocenters. The number of hydrogen-bond donors (Lipinski definition) is 3. The minimum Gasteiger partial charge on any atom is -0.224 e. The van der Waals surface area contributed by atoms with Gasteiger partial charge in [0.2, 0.25) is 0 Å². The molecule has 9 heteroatoms. The SMILES string of the molecule is N=N/N=N/N(OO)OO. The predicted octanol–water partition coefficient (Wildman–Crippen LogP) is 0.411. The summed E-state index contributed by atoms with van der Waals surface area (Å²) >= 11 is 0. The van der Waals surface area contributed by atoms with Gasteiger partial charge < -0.3 is 0 Å². The van der Waals surface area contributed by atoms with Crippen LogP contribution in [0.3, 0.4) is 0 Å². The van der Waals surface area contributed by atoms with Crippen molar-refractivity contribution in [3.8, 4) is 0 Å². The van der Waals surface area contributed by atoms with E-state index >= 15 is 0 Å². The van der Waals surface area contributed by atoms with Gasteiger partial charge in [-0.2, -0.15) is 5.53 Å². The monoisotopic (exact) mass is 137 g/mol. The highest BCUT2D eigenvalue weighted by Crippen LogP contribution is 1.88. The third-order valence-electron chi connectivity index (χ3n) is 0.297. The maximum Gasteiger partial charge on any atom is 0.0501 e. The quantitative estimate of drug-likeness (QED) is 0.294. The van der Waals surface area contributed by atoms with Crippen LogP contribution < -0.4 is 0 Å². The molecule has 0 aliphatic heterocycles. The maximum absolute atomic E-state index is 7.64. The number of hydrogen-bond acceptors (Lipinski definition) is 6. The molecule has 0 aliphatic carbocycles. The first-order valence-corrected chi connectivity index (χ1v) is 1.55. The van der Waals surface area contributed by atoms with E-state index in [1.165, 1.54) is 0 Å². The zero-order valence-electron chi connectivity index (χ0n) is 4.00. The molecule has 0 unspecified atom stereocenters. The van der Waals surface area contributed by atoms with Gasteiger partial charge in [0.05, 0.1) is 5.34 Å². The van der Waals surface area contributed by atoms with Crippen molar-refractivity contribution in [1.82, 2.24) is 5.34 Å². The third kappa shape index (κ3) is 3.42. The van der Waals surface area contributed by atoms with E-state index in [-0.39, 0.29) is 5.34 Å². The van der Waals surface area contributed by atoms with Gasteiger partial charge in [0.25, 0.3) is 0 Å². The van der Waals surface area contributed by atoms with Gasteiger partial charge in [0, 0.05) is 5.22 Å². The van der Waals surface area contributed by atoms with Crippen LogP contribution in [-0.2, 0) is 9.98 Å². The van der Waals surface area contributed by atoms with Crippen molar-refractivity contribution in [1.29, 1.82) is 5.53 Å². The number of nitrogens with one attached hydrogen (secondary N) is 1. The van der Waals surface area contributed by atoms with Gasteiger partial charge >= 0.3 is 0 Å². The van der Waals surface area contributed by atoms with Crippen LogP contribution in [0.25, 0.3) is 0 Å². The topological polar surface area (TPSA) is 123 Å². The van der Waals surface area contributed by atoms with Crippen LogP contribution in [0.4, 0.5) is 0 Å². The van der Waals surface area contributed by atoms with Crippen LogP contribution >= 0.6 is 0 Å². The van der Waals surface area contributed by atoms with E-state index in [1.54, 1.807) is 0 Å². The molecule has 0 saturated carbocycles. The van der Waals surface area contributed by atoms with Gasteiger partial charge in [-0.3, -0.25) is 0 Å². The van der Waals surface area contributed by atoms with Crippen molar-refractivity contribution >= 4 is 0 Å². The number of rotatable bonds is 4. The summed E-state index contributed by atoms with van der Waals surface area (Å²) in [5, 5.41) is 22.7. The Bertz CT molecular complexity index is 95.1. The van der Waals surface area contributed by atoms with Crippen molar-refractivity contribution in [2.75, 3.05) is 0 Å². The first kappa shape index (κ1) is 7.84. The fourth-order valence-electron chi connectivity index (χ4n) is 0.100. The van der Waals surface area contributed by atoms with Gasteiger partial charge in [0.15, 0.2) is 0 Å². The Morgan fingerprint density at radius 3 is 2.22 bits per heavy atom. The Kier molecular flexibility index (Phi) is 4.34. The molecule has 0 aromatic carbocycles. The molecule has 9 nitrogen and oxygen atoms in total. The van der Waals surface area contributed by atoms with Gasteiger partial charge in [-0.15, -0.1) is 0 Å². The van der Waals surface area contributed by atoms with E-state index in [0.717, 1.165) is 0 Å². The molecule has 9 heavy (non-hydrogen) atoms. The standard InChI is InChI=1S/H3N5O4/c1-2-3-4-5(8-6)9-7/h1,6-7H/b2-1?,4-3+. The fraction of sp³-hybridized carbons (Fsp3) is 0. The Labute approximate surface area is 48.3 Å². The lowest BCUT2D eigenvalue weighted by atomic mass is 12.4. The smallest absolute Gasteiger partial charge is 0.0501 e. The van der Waals surface area contributed by atoms with Gasteiger partial charge in [-0.1, -0.05) is 9.98 Å². The van der Waals surface area contributed by atoms with E-state index in [1.807, 2.05) is 0 Å². The molecule has 0 rings (SSSR count). The van der Waals surface area contributed by atoms with Crippen molar-refractivity contribution in [3.05, 3.63) is 0 Å². The molecule has 0 saturated heterocycles. The summed E-state index contributed by atoms with van der Waals surface area (Å²) in [7, 11) is 0. The first-order chi connectivity index (χ1) is 4.35. The van der Waals surface area contributed by atoms with Crippen LogP contribution in [0.5, 0.6) is 0 Å². The Hall–Kier alpha value is -1.16. The van der Waals surface area contributed by atoms with Crippen LogP contribution in [-0.4, -0.2) is 15.8 Å². The zero-order chi connectivity index (χ0) is 7.11. The summed E-state index contributed by atoms with van der Waals surface area (Å²) in [6, 6.07) is 0. The van der Waals surface area contributed by atoms with E-state index in [0.29, 0.717) is 0 Å².